The van der Waals surface area contributed by atoms with E-state index in [2.05, 4.69) is 9.73 Å². The van der Waals surface area contributed by atoms with Gasteiger partial charge < -0.3 is 4.74 Å². The summed E-state index contributed by atoms with van der Waals surface area (Å²) >= 11 is 0. The first-order valence-electron chi connectivity index (χ1n) is 4.12. The van der Waals surface area contributed by atoms with Gasteiger partial charge in [0, 0.05) is 0 Å². The van der Waals surface area contributed by atoms with Gasteiger partial charge in [0.05, 0.1) is 0 Å². The summed E-state index contributed by atoms with van der Waals surface area (Å²) < 4.78 is 41.0. The van der Waals surface area contributed by atoms with Crippen LogP contribution in [0.4, 0.5) is 13.2 Å². The molecule has 2 unspecified atom stereocenters. The van der Waals surface area contributed by atoms with Gasteiger partial charge in [-0.2, -0.15) is 13.2 Å². The van der Waals surface area contributed by atoms with E-state index in [1.165, 1.54) is 6.92 Å². The fraction of sp³-hybridized carbons (Fsp3) is 0.750. The highest BCUT2D eigenvalue weighted by molar-refractivity contribution is 5.86. The lowest BCUT2D eigenvalue weighted by atomic mass is 9.94. The molecule has 0 bridgehead atoms. The van der Waals surface area contributed by atoms with Crippen LogP contribution in [0.15, 0.2) is 4.99 Å². The van der Waals surface area contributed by atoms with Crippen LogP contribution in [-0.4, -0.2) is 30.0 Å². The van der Waals surface area contributed by atoms with Gasteiger partial charge >= 0.3 is 6.18 Å². The summed E-state index contributed by atoms with van der Waals surface area (Å²) in [6.45, 7) is 3.12. The molecule has 1 heterocycles. The Labute approximate surface area is 79.0 Å². The Hall–Kier alpha value is -1.07. The summed E-state index contributed by atoms with van der Waals surface area (Å²) in [6, 6.07) is 0. The molecule has 0 aromatic rings. The maximum absolute atomic E-state index is 12.2. The number of rotatable bonds is 2. The topological polar surface area (TPSA) is 38.7 Å². The van der Waals surface area contributed by atoms with Gasteiger partial charge in [0.15, 0.2) is 12.4 Å². The third-order valence-electron chi connectivity index (χ3n) is 2.29. The first-order valence-corrected chi connectivity index (χ1v) is 4.12. The number of aliphatic imine (C=N–C) groups is 1. The van der Waals surface area contributed by atoms with Crippen LogP contribution in [0.5, 0.6) is 0 Å². The molecule has 0 saturated heterocycles. The number of alkyl halides is 3. The SMILES string of the molecule is CCC1(C)N=C(C(F)(F)F)OC1C=O. The van der Waals surface area contributed by atoms with E-state index in [1.54, 1.807) is 6.92 Å². The van der Waals surface area contributed by atoms with Crippen LogP contribution in [0.1, 0.15) is 20.3 Å². The van der Waals surface area contributed by atoms with Crippen molar-refractivity contribution in [1.29, 1.82) is 0 Å². The second kappa shape index (κ2) is 3.25. The first-order chi connectivity index (χ1) is 6.33. The number of hydrogen-bond donors (Lipinski definition) is 0. The Bertz CT molecular complexity index is 274. The number of nitrogens with zero attached hydrogens (tertiary/aromatic N) is 1. The molecule has 14 heavy (non-hydrogen) atoms. The minimum atomic E-state index is -4.62. The lowest BCUT2D eigenvalue weighted by Gasteiger charge is -2.20. The van der Waals surface area contributed by atoms with Crippen molar-refractivity contribution >= 4 is 12.2 Å². The predicted octanol–water partition coefficient (Wildman–Crippen LogP) is 1.71. The normalized spacial score (nSPS) is 32.4. The van der Waals surface area contributed by atoms with Crippen LogP contribution in [0, 0.1) is 0 Å². The number of carbonyl (C=O) groups excluding carboxylic acids is 1. The average Bonchev–Trinajstić information content (AvgIpc) is 2.43. The van der Waals surface area contributed by atoms with Crippen molar-refractivity contribution in [2.45, 2.75) is 38.1 Å². The zero-order valence-corrected chi connectivity index (χ0v) is 7.76. The monoisotopic (exact) mass is 209 g/mol. The van der Waals surface area contributed by atoms with Gasteiger partial charge in [0.25, 0.3) is 5.90 Å². The molecule has 0 N–H and O–H groups in total. The van der Waals surface area contributed by atoms with Gasteiger partial charge in [-0.1, -0.05) is 6.92 Å². The van der Waals surface area contributed by atoms with E-state index in [-0.39, 0.29) is 0 Å². The van der Waals surface area contributed by atoms with Gasteiger partial charge in [-0.25, -0.2) is 4.99 Å². The Morgan fingerprint density at radius 3 is 2.50 bits per heavy atom. The van der Waals surface area contributed by atoms with Gasteiger partial charge in [-0.05, 0) is 13.3 Å². The van der Waals surface area contributed by atoms with Crippen molar-refractivity contribution in [3.05, 3.63) is 0 Å². The summed E-state index contributed by atoms with van der Waals surface area (Å²) in [6.07, 6.45) is -5.08. The number of aldehydes is 1. The minimum absolute atomic E-state index is 0.315. The highest BCUT2D eigenvalue weighted by Crippen LogP contribution is 2.33. The van der Waals surface area contributed by atoms with Crippen molar-refractivity contribution < 1.29 is 22.7 Å². The average molecular weight is 209 g/mol. The fourth-order valence-corrected chi connectivity index (χ4v) is 1.15. The second-order valence-electron chi connectivity index (χ2n) is 3.30. The van der Waals surface area contributed by atoms with Crippen molar-refractivity contribution in [3.8, 4) is 0 Å². The predicted molar refractivity (Wildman–Crippen MR) is 43.1 cm³/mol. The number of ether oxygens (including phenoxy) is 1. The molecule has 0 aliphatic carbocycles. The third-order valence-corrected chi connectivity index (χ3v) is 2.29. The highest BCUT2D eigenvalue weighted by atomic mass is 19.4. The van der Waals surface area contributed by atoms with Gasteiger partial charge in [-0.3, -0.25) is 4.79 Å². The summed E-state index contributed by atoms with van der Waals surface area (Å²) in [5, 5.41) is 0. The zero-order chi connectivity index (χ0) is 11.0. The summed E-state index contributed by atoms with van der Waals surface area (Å²) in [5.74, 6) is -1.31. The molecule has 1 aliphatic heterocycles. The molecule has 1 aliphatic rings. The van der Waals surface area contributed by atoms with Crippen molar-refractivity contribution in [1.82, 2.24) is 0 Å². The molecule has 6 heteroatoms. The smallest absolute Gasteiger partial charge is 0.461 e. The summed E-state index contributed by atoms with van der Waals surface area (Å²) in [4.78, 5) is 13.9. The molecule has 0 radical (unpaired) electrons. The highest BCUT2D eigenvalue weighted by Gasteiger charge is 2.50. The van der Waals surface area contributed by atoms with Gasteiger partial charge in [0.1, 0.15) is 5.54 Å². The molecule has 3 nitrogen and oxygen atoms in total. The first kappa shape index (κ1) is 11.0. The molecule has 1 rings (SSSR count). The van der Waals surface area contributed by atoms with Crippen LogP contribution in [0.3, 0.4) is 0 Å². The van der Waals surface area contributed by atoms with E-state index in [0.29, 0.717) is 12.7 Å². The van der Waals surface area contributed by atoms with Gasteiger partial charge in [-0.15, -0.1) is 0 Å². The van der Waals surface area contributed by atoms with E-state index in [1.807, 2.05) is 0 Å². The number of carbonyl (C=O) groups is 1. The maximum Gasteiger partial charge on any atom is 0.468 e. The zero-order valence-electron chi connectivity index (χ0n) is 7.76. The Kier molecular flexibility index (Phi) is 2.56. The molecule has 80 valence electrons. The third kappa shape index (κ3) is 1.73. The Morgan fingerprint density at radius 2 is 2.21 bits per heavy atom. The molecular formula is C8H10F3NO2. The van der Waals surface area contributed by atoms with E-state index in [9.17, 15) is 18.0 Å². The van der Waals surface area contributed by atoms with Crippen LogP contribution in [0.2, 0.25) is 0 Å². The molecular weight excluding hydrogens is 199 g/mol. The van der Waals surface area contributed by atoms with Crippen LogP contribution >= 0.6 is 0 Å². The lowest BCUT2D eigenvalue weighted by Crippen LogP contribution is -2.35. The minimum Gasteiger partial charge on any atom is -0.461 e. The summed E-state index contributed by atoms with van der Waals surface area (Å²) in [7, 11) is 0. The van der Waals surface area contributed by atoms with Crippen molar-refractivity contribution in [2.75, 3.05) is 0 Å². The molecule has 0 fully saturated rings. The van der Waals surface area contributed by atoms with E-state index in [4.69, 9.17) is 0 Å². The fourth-order valence-electron chi connectivity index (χ4n) is 1.15. The standard InChI is InChI=1S/C8H10F3NO2/c1-3-7(2)5(4-13)14-6(12-7)8(9,10)11/h4-5H,3H2,1-2H3. The lowest BCUT2D eigenvalue weighted by molar-refractivity contribution is -0.118. The molecule has 0 amide bonds. The number of hydrogen-bond acceptors (Lipinski definition) is 3. The molecule has 0 aromatic heterocycles. The van der Waals surface area contributed by atoms with Crippen LogP contribution in [-0.2, 0) is 9.53 Å². The Morgan fingerprint density at radius 1 is 1.64 bits per heavy atom. The maximum atomic E-state index is 12.2. The van der Waals surface area contributed by atoms with Crippen LogP contribution in [0.25, 0.3) is 0 Å². The largest absolute Gasteiger partial charge is 0.468 e. The van der Waals surface area contributed by atoms with Crippen molar-refractivity contribution in [2.24, 2.45) is 4.99 Å². The molecule has 0 saturated carbocycles. The van der Waals surface area contributed by atoms with E-state index >= 15 is 0 Å². The summed E-state index contributed by atoms with van der Waals surface area (Å²) in [5.41, 5.74) is -1.09. The van der Waals surface area contributed by atoms with E-state index < -0.39 is 23.7 Å². The Balaban J connectivity index is 2.97. The molecule has 0 spiro atoms. The molecule has 2 atom stereocenters. The van der Waals surface area contributed by atoms with Crippen LogP contribution < -0.4 is 0 Å². The molecule has 0 aromatic carbocycles. The second-order valence-corrected chi connectivity index (χ2v) is 3.30. The van der Waals surface area contributed by atoms with Crippen molar-refractivity contribution in [3.63, 3.8) is 0 Å². The number of halogens is 3. The van der Waals surface area contributed by atoms with Gasteiger partial charge in [0.2, 0.25) is 0 Å². The quantitative estimate of drug-likeness (QED) is 0.649. The van der Waals surface area contributed by atoms with E-state index in [0.717, 1.165) is 0 Å².